The van der Waals surface area contributed by atoms with Crippen LogP contribution >= 0.6 is 23.2 Å². The fourth-order valence-corrected chi connectivity index (χ4v) is 2.94. The van der Waals surface area contributed by atoms with Crippen LogP contribution in [0.1, 0.15) is 22.0 Å². The van der Waals surface area contributed by atoms with Gasteiger partial charge in [0.05, 0.1) is 10.7 Å². The molecule has 1 N–H and O–H groups in total. The highest BCUT2D eigenvalue weighted by Crippen LogP contribution is 2.30. The maximum Gasteiger partial charge on any atom is 0.189 e. The molecule has 0 fully saturated rings. The lowest BCUT2D eigenvalue weighted by molar-refractivity contribution is 0.0969. The normalized spacial score (nSPS) is 11.8. The lowest BCUT2D eigenvalue weighted by Gasteiger charge is -2.20. The minimum absolute atomic E-state index is 0.0205. The number of benzene rings is 3. The Kier molecular flexibility index (Phi) is 5.19. The summed E-state index contributed by atoms with van der Waals surface area (Å²) in [4.78, 5) is 13.0. The van der Waals surface area contributed by atoms with Crippen LogP contribution in [-0.4, -0.2) is 5.78 Å². The average Bonchev–Trinajstić information content (AvgIpc) is 2.62. The molecule has 0 aliphatic rings. The Morgan fingerprint density at radius 1 is 0.833 bits per heavy atom. The first-order chi connectivity index (χ1) is 11.6. The summed E-state index contributed by atoms with van der Waals surface area (Å²) in [6, 6.07) is 23.4. The van der Waals surface area contributed by atoms with Crippen LogP contribution in [-0.2, 0) is 0 Å². The Labute approximate surface area is 151 Å². The van der Waals surface area contributed by atoms with E-state index < -0.39 is 6.04 Å². The van der Waals surface area contributed by atoms with Crippen molar-refractivity contribution in [3.8, 4) is 0 Å². The smallest absolute Gasteiger partial charge is 0.189 e. The van der Waals surface area contributed by atoms with E-state index in [4.69, 9.17) is 23.2 Å². The van der Waals surface area contributed by atoms with Gasteiger partial charge in [0.1, 0.15) is 6.04 Å². The van der Waals surface area contributed by atoms with Gasteiger partial charge in [-0.05, 0) is 23.8 Å². The second-order valence-corrected chi connectivity index (χ2v) is 6.19. The summed E-state index contributed by atoms with van der Waals surface area (Å²) in [5.74, 6) is -0.0205. The molecule has 0 aliphatic heterocycles. The maximum atomic E-state index is 13.0. The summed E-state index contributed by atoms with van der Waals surface area (Å²) in [5, 5.41) is 4.28. The fourth-order valence-electron chi connectivity index (χ4n) is 2.48. The molecule has 3 rings (SSSR count). The van der Waals surface area contributed by atoms with Crippen LogP contribution in [0.5, 0.6) is 0 Å². The van der Waals surface area contributed by atoms with Gasteiger partial charge >= 0.3 is 0 Å². The topological polar surface area (TPSA) is 29.1 Å². The molecule has 0 amide bonds. The summed E-state index contributed by atoms with van der Waals surface area (Å²) in [7, 11) is 0. The molecule has 0 aromatic heterocycles. The highest BCUT2D eigenvalue weighted by molar-refractivity contribution is 6.36. The largest absolute Gasteiger partial charge is 0.370 e. The van der Waals surface area contributed by atoms with Gasteiger partial charge in [-0.3, -0.25) is 4.79 Å². The highest BCUT2D eigenvalue weighted by atomic mass is 35.5. The molecule has 4 heteroatoms. The van der Waals surface area contributed by atoms with Crippen LogP contribution in [0.15, 0.2) is 78.9 Å². The van der Waals surface area contributed by atoms with Crippen LogP contribution in [0.3, 0.4) is 0 Å². The molecular weight excluding hydrogens is 341 g/mol. The number of halogens is 2. The average molecular weight is 356 g/mol. The number of hydrogen-bond donors (Lipinski definition) is 1. The zero-order chi connectivity index (χ0) is 16.9. The van der Waals surface area contributed by atoms with Gasteiger partial charge in [0.2, 0.25) is 0 Å². The van der Waals surface area contributed by atoms with Crippen molar-refractivity contribution in [1.29, 1.82) is 0 Å². The molecule has 120 valence electrons. The van der Waals surface area contributed by atoms with Gasteiger partial charge < -0.3 is 5.32 Å². The Bertz CT molecular complexity index is 835. The monoisotopic (exact) mass is 355 g/mol. The fraction of sp³-hybridized carbons (Fsp3) is 0.0500. The number of carbonyl (C=O) groups excluding carboxylic acids is 1. The molecule has 0 saturated carbocycles. The summed E-state index contributed by atoms with van der Waals surface area (Å²) in [6.45, 7) is 0. The van der Waals surface area contributed by atoms with E-state index in [1.54, 1.807) is 18.2 Å². The molecule has 0 radical (unpaired) electrons. The van der Waals surface area contributed by atoms with E-state index in [1.165, 1.54) is 0 Å². The van der Waals surface area contributed by atoms with E-state index >= 15 is 0 Å². The van der Waals surface area contributed by atoms with Crippen molar-refractivity contribution in [3.05, 3.63) is 100 Å². The van der Waals surface area contributed by atoms with Crippen molar-refractivity contribution < 1.29 is 4.79 Å². The van der Waals surface area contributed by atoms with E-state index in [0.717, 1.165) is 5.56 Å². The maximum absolute atomic E-state index is 13.0. The first-order valence-corrected chi connectivity index (χ1v) is 8.26. The second-order valence-electron chi connectivity index (χ2n) is 5.34. The van der Waals surface area contributed by atoms with Gasteiger partial charge in [-0.25, -0.2) is 0 Å². The molecule has 0 saturated heterocycles. The Hall–Kier alpha value is -2.29. The predicted molar refractivity (Wildman–Crippen MR) is 100 cm³/mol. The lowest BCUT2D eigenvalue weighted by Crippen LogP contribution is -2.21. The Morgan fingerprint density at radius 3 is 2.08 bits per heavy atom. The molecule has 0 heterocycles. The van der Waals surface area contributed by atoms with Gasteiger partial charge in [0.25, 0.3) is 0 Å². The van der Waals surface area contributed by atoms with Crippen molar-refractivity contribution in [2.75, 3.05) is 5.32 Å². The Balaban J connectivity index is 1.98. The van der Waals surface area contributed by atoms with Crippen molar-refractivity contribution >= 4 is 34.7 Å². The van der Waals surface area contributed by atoms with Crippen LogP contribution in [0.25, 0.3) is 0 Å². The molecule has 0 bridgehead atoms. The quantitative estimate of drug-likeness (QED) is 0.566. The number of carbonyl (C=O) groups is 1. The summed E-state index contributed by atoms with van der Waals surface area (Å²) in [5.41, 5.74) is 2.18. The molecule has 1 unspecified atom stereocenters. The van der Waals surface area contributed by atoms with Crippen LogP contribution in [0, 0.1) is 0 Å². The van der Waals surface area contributed by atoms with E-state index in [9.17, 15) is 4.79 Å². The number of Topliss-reactive ketones (excluding diaryl/α,β-unsaturated/α-hetero) is 1. The highest BCUT2D eigenvalue weighted by Gasteiger charge is 2.22. The number of ketones is 1. The molecule has 1 atom stereocenters. The molecule has 2 nitrogen and oxygen atoms in total. The predicted octanol–water partition coefficient (Wildman–Crippen LogP) is 6.03. The van der Waals surface area contributed by atoms with Crippen molar-refractivity contribution in [3.63, 3.8) is 0 Å². The zero-order valence-corrected chi connectivity index (χ0v) is 14.3. The van der Waals surface area contributed by atoms with Gasteiger partial charge in [0, 0.05) is 10.6 Å². The first kappa shape index (κ1) is 16.6. The molecule has 3 aromatic carbocycles. The van der Waals surface area contributed by atoms with Gasteiger partial charge in [-0.2, -0.15) is 0 Å². The first-order valence-electron chi connectivity index (χ1n) is 7.51. The number of anilines is 1. The van der Waals surface area contributed by atoms with E-state index in [2.05, 4.69) is 5.32 Å². The van der Waals surface area contributed by atoms with E-state index in [0.29, 0.717) is 21.3 Å². The third kappa shape index (κ3) is 3.78. The number of rotatable bonds is 5. The second kappa shape index (κ2) is 7.52. The molecule has 3 aromatic rings. The number of hydrogen-bond acceptors (Lipinski definition) is 2. The van der Waals surface area contributed by atoms with Crippen LogP contribution < -0.4 is 5.32 Å². The lowest BCUT2D eigenvalue weighted by atomic mass is 9.97. The standard InChI is InChI=1S/C20H15Cl2NO/c21-16-11-12-18(17(22)13-16)23-19(14-7-3-1-4-8-14)20(24)15-9-5-2-6-10-15/h1-13,19,23H. The van der Waals surface area contributed by atoms with Crippen molar-refractivity contribution in [2.24, 2.45) is 0 Å². The third-order valence-corrected chi connectivity index (χ3v) is 4.23. The SMILES string of the molecule is O=C(c1ccccc1)C(Nc1ccc(Cl)cc1Cl)c1ccccc1. The number of nitrogens with one attached hydrogen (secondary N) is 1. The third-order valence-electron chi connectivity index (χ3n) is 3.68. The Morgan fingerprint density at radius 2 is 1.46 bits per heavy atom. The summed E-state index contributed by atoms with van der Waals surface area (Å²) < 4.78 is 0. The van der Waals surface area contributed by atoms with Crippen molar-refractivity contribution in [2.45, 2.75) is 6.04 Å². The van der Waals surface area contributed by atoms with Crippen LogP contribution in [0.4, 0.5) is 5.69 Å². The zero-order valence-electron chi connectivity index (χ0n) is 12.7. The van der Waals surface area contributed by atoms with Crippen molar-refractivity contribution in [1.82, 2.24) is 0 Å². The van der Waals surface area contributed by atoms with Crippen LogP contribution in [0.2, 0.25) is 10.0 Å². The minimum Gasteiger partial charge on any atom is -0.370 e. The minimum atomic E-state index is -0.535. The molecule has 0 aliphatic carbocycles. The van der Waals surface area contributed by atoms with Gasteiger partial charge in [-0.15, -0.1) is 0 Å². The van der Waals surface area contributed by atoms with Gasteiger partial charge in [0.15, 0.2) is 5.78 Å². The summed E-state index contributed by atoms with van der Waals surface area (Å²) >= 11 is 12.2. The summed E-state index contributed by atoms with van der Waals surface area (Å²) in [6.07, 6.45) is 0. The molecule has 0 spiro atoms. The van der Waals surface area contributed by atoms with Gasteiger partial charge in [-0.1, -0.05) is 83.9 Å². The molecule has 24 heavy (non-hydrogen) atoms. The molecular formula is C20H15Cl2NO. The van der Waals surface area contributed by atoms with E-state index in [1.807, 2.05) is 60.7 Å². The van der Waals surface area contributed by atoms with E-state index in [-0.39, 0.29) is 5.78 Å².